The zero-order valence-electron chi connectivity index (χ0n) is 13.1. The maximum Gasteiger partial charge on any atom is 0.242 e. The molecule has 6 heteroatoms. The molecule has 1 aliphatic heterocycles. The first kappa shape index (κ1) is 16.7. The number of hydrogen-bond donors (Lipinski definition) is 1. The lowest BCUT2D eigenvalue weighted by atomic mass is 10.2. The first-order valence-electron chi connectivity index (χ1n) is 7.32. The Kier molecular flexibility index (Phi) is 4.99. The molecule has 2 atom stereocenters. The predicted octanol–water partition coefficient (Wildman–Crippen LogP) is 2.42. The van der Waals surface area contributed by atoms with Crippen LogP contribution < -0.4 is 5.32 Å². The number of nitrogens with zero attached hydrogens (tertiary/aromatic N) is 2. The van der Waals surface area contributed by atoms with E-state index in [1.54, 1.807) is 28.6 Å². The number of hydrogen-bond acceptors (Lipinski definition) is 3. The predicted molar refractivity (Wildman–Crippen MR) is 87.4 cm³/mol. The third-order valence-corrected chi connectivity index (χ3v) is 5.44. The molecule has 0 aromatic heterocycles. The summed E-state index contributed by atoms with van der Waals surface area (Å²) in [5, 5.41) is 11.6. The molecule has 1 N–H and O–H groups in total. The van der Waals surface area contributed by atoms with Crippen LogP contribution in [-0.2, 0) is 15.8 Å². The molecular weight excluding hydrogens is 298 g/mol. The van der Waals surface area contributed by atoms with Gasteiger partial charge in [-0.05, 0) is 57.9 Å². The normalized spacial score (nSPS) is 20.4. The Bertz CT molecular complexity index is 614. The molecule has 1 amide bonds. The molecule has 0 radical (unpaired) electrons. The Hall–Kier alpha value is -1.71. The molecule has 0 aliphatic carbocycles. The van der Waals surface area contributed by atoms with Gasteiger partial charge in [0, 0.05) is 12.2 Å². The van der Waals surface area contributed by atoms with Crippen molar-refractivity contribution in [3.8, 4) is 6.07 Å². The number of amides is 1. The summed E-state index contributed by atoms with van der Waals surface area (Å²) in [5.74, 6) is -0.139. The van der Waals surface area contributed by atoms with E-state index in [-0.39, 0.29) is 16.7 Å². The number of carbonyl (C=O) groups excluding carboxylic acids is 1. The van der Waals surface area contributed by atoms with Crippen LogP contribution in [0, 0.1) is 11.3 Å². The Labute approximate surface area is 133 Å². The van der Waals surface area contributed by atoms with Gasteiger partial charge in [-0.25, -0.2) is 8.51 Å². The van der Waals surface area contributed by atoms with E-state index in [2.05, 4.69) is 5.32 Å². The van der Waals surface area contributed by atoms with Gasteiger partial charge >= 0.3 is 0 Å². The molecule has 118 valence electrons. The number of rotatable bonds is 3. The second-order valence-electron chi connectivity index (χ2n) is 6.34. The Morgan fingerprint density at radius 1 is 1.36 bits per heavy atom. The second kappa shape index (κ2) is 6.59. The summed E-state index contributed by atoms with van der Waals surface area (Å²) in [6, 6.07) is 8.41. The lowest BCUT2D eigenvalue weighted by molar-refractivity contribution is -0.119. The average Bonchev–Trinajstić information content (AvgIpc) is 2.95. The molecule has 1 fully saturated rings. The van der Waals surface area contributed by atoms with Gasteiger partial charge in [0.2, 0.25) is 5.91 Å². The lowest BCUT2D eigenvalue weighted by Crippen LogP contribution is -2.45. The van der Waals surface area contributed by atoms with Crippen LogP contribution in [0.4, 0.5) is 5.69 Å². The summed E-state index contributed by atoms with van der Waals surface area (Å²) >= 11 is 0. The Morgan fingerprint density at radius 2 is 2.00 bits per heavy atom. The fraction of sp³-hybridized carbons (Fsp3) is 0.500. The molecule has 22 heavy (non-hydrogen) atoms. The second-order valence-corrected chi connectivity index (χ2v) is 8.53. The highest BCUT2D eigenvalue weighted by atomic mass is 32.2. The van der Waals surface area contributed by atoms with Gasteiger partial charge in [0.05, 0.1) is 16.4 Å². The van der Waals surface area contributed by atoms with E-state index < -0.39 is 11.0 Å². The van der Waals surface area contributed by atoms with E-state index in [1.807, 2.05) is 26.8 Å². The zero-order valence-corrected chi connectivity index (χ0v) is 13.9. The molecule has 1 aliphatic rings. The van der Waals surface area contributed by atoms with Gasteiger partial charge in [-0.1, -0.05) is 0 Å². The van der Waals surface area contributed by atoms with Gasteiger partial charge in [0.25, 0.3) is 0 Å². The van der Waals surface area contributed by atoms with Crippen LogP contribution in [0.3, 0.4) is 0 Å². The molecule has 2 rings (SSSR count). The standard InChI is InChI=1S/C16H21N3O2S/c1-16(2,3)22(21)19-10-4-5-14(19)15(20)18-13-8-6-12(11-17)7-9-13/h6-9,14H,4-5,10H2,1-3H3,(H,18,20). The van der Waals surface area contributed by atoms with Gasteiger partial charge in [-0.15, -0.1) is 0 Å². The number of carbonyl (C=O) groups is 1. The van der Waals surface area contributed by atoms with Gasteiger partial charge in [0.15, 0.2) is 0 Å². The summed E-state index contributed by atoms with van der Waals surface area (Å²) in [7, 11) is -1.20. The lowest BCUT2D eigenvalue weighted by Gasteiger charge is -2.29. The molecular formula is C16H21N3O2S. The van der Waals surface area contributed by atoms with Crippen molar-refractivity contribution in [1.82, 2.24) is 4.31 Å². The van der Waals surface area contributed by atoms with Gasteiger partial charge < -0.3 is 5.32 Å². The summed E-state index contributed by atoms with van der Waals surface area (Å²) < 4.78 is 14.0. The summed E-state index contributed by atoms with van der Waals surface area (Å²) in [4.78, 5) is 12.5. The van der Waals surface area contributed by atoms with Gasteiger partial charge in [-0.2, -0.15) is 5.26 Å². The first-order chi connectivity index (χ1) is 10.3. The van der Waals surface area contributed by atoms with Crippen LogP contribution in [0.25, 0.3) is 0 Å². The maximum absolute atomic E-state index is 12.5. The third-order valence-electron chi connectivity index (χ3n) is 3.52. The minimum absolute atomic E-state index is 0.139. The highest BCUT2D eigenvalue weighted by Crippen LogP contribution is 2.26. The van der Waals surface area contributed by atoms with E-state index in [0.717, 1.165) is 6.42 Å². The SMILES string of the molecule is CC(C)(C)S(=O)N1CCCC1C(=O)Nc1ccc(C#N)cc1. The number of anilines is 1. The van der Waals surface area contributed by atoms with Crippen molar-refractivity contribution in [3.05, 3.63) is 29.8 Å². The molecule has 1 heterocycles. The van der Waals surface area contributed by atoms with Crippen molar-refractivity contribution in [2.75, 3.05) is 11.9 Å². The van der Waals surface area contributed by atoms with Crippen molar-refractivity contribution in [3.63, 3.8) is 0 Å². The quantitative estimate of drug-likeness (QED) is 0.930. The maximum atomic E-state index is 12.5. The summed E-state index contributed by atoms with van der Waals surface area (Å²) in [6.07, 6.45) is 1.58. The highest BCUT2D eigenvalue weighted by Gasteiger charge is 2.38. The van der Waals surface area contributed by atoms with E-state index in [0.29, 0.717) is 24.2 Å². The van der Waals surface area contributed by atoms with E-state index in [9.17, 15) is 9.00 Å². The molecule has 1 aromatic carbocycles. The first-order valence-corrected chi connectivity index (χ1v) is 8.43. The van der Waals surface area contributed by atoms with Crippen molar-refractivity contribution < 1.29 is 9.00 Å². The van der Waals surface area contributed by atoms with Crippen LogP contribution in [0.1, 0.15) is 39.2 Å². The van der Waals surface area contributed by atoms with Gasteiger partial charge in [0.1, 0.15) is 17.0 Å². The monoisotopic (exact) mass is 319 g/mol. The fourth-order valence-electron chi connectivity index (χ4n) is 2.41. The zero-order chi connectivity index (χ0) is 16.3. The van der Waals surface area contributed by atoms with Crippen LogP contribution >= 0.6 is 0 Å². The van der Waals surface area contributed by atoms with Crippen molar-refractivity contribution in [2.24, 2.45) is 0 Å². The minimum atomic E-state index is -1.20. The van der Waals surface area contributed by atoms with Crippen molar-refractivity contribution in [2.45, 2.75) is 44.4 Å². The molecule has 1 aromatic rings. The van der Waals surface area contributed by atoms with Crippen LogP contribution in [-0.4, -0.2) is 31.8 Å². The van der Waals surface area contributed by atoms with Crippen molar-refractivity contribution in [1.29, 1.82) is 5.26 Å². The molecule has 2 unspecified atom stereocenters. The highest BCUT2D eigenvalue weighted by molar-refractivity contribution is 7.84. The van der Waals surface area contributed by atoms with Crippen molar-refractivity contribution >= 4 is 22.6 Å². The van der Waals surface area contributed by atoms with Gasteiger partial charge in [-0.3, -0.25) is 4.79 Å². The number of nitriles is 1. The number of nitrogens with one attached hydrogen (secondary N) is 1. The molecule has 5 nitrogen and oxygen atoms in total. The molecule has 0 bridgehead atoms. The Balaban J connectivity index is 2.08. The minimum Gasteiger partial charge on any atom is -0.325 e. The summed E-state index contributed by atoms with van der Waals surface area (Å²) in [5.41, 5.74) is 1.20. The third kappa shape index (κ3) is 3.73. The molecule has 0 saturated carbocycles. The van der Waals surface area contributed by atoms with E-state index in [4.69, 9.17) is 5.26 Å². The van der Waals surface area contributed by atoms with E-state index >= 15 is 0 Å². The Morgan fingerprint density at radius 3 is 2.55 bits per heavy atom. The average molecular weight is 319 g/mol. The van der Waals surface area contributed by atoms with E-state index in [1.165, 1.54) is 0 Å². The smallest absolute Gasteiger partial charge is 0.242 e. The summed E-state index contributed by atoms with van der Waals surface area (Å²) in [6.45, 7) is 6.42. The largest absolute Gasteiger partial charge is 0.325 e. The number of benzene rings is 1. The van der Waals surface area contributed by atoms with Crippen LogP contribution in [0.2, 0.25) is 0 Å². The molecule has 0 spiro atoms. The van der Waals surface area contributed by atoms with Crippen LogP contribution in [0.15, 0.2) is 24.3 Å². The van der Waals surface area contributed by atoms with Crippen LogP contribution in [0.5, 0.6) is 0 Å². The topological polar surface area (TPSA) is 73.2 Å². The molecule has 1 saturated heterocycles. The fourth-order valence-corrected chi connectivity index (χ4v) is 3.84.